The fourth-order valence-corrected chi connectivity index (χ4v) is 2.73. The van der Waals surface area contributed by atoms with E-state index in [-0.39, 0.29) is 17.0 Å². The molecule has 2 nitrogen and oxygen atoms in total. The van der Waals surface area contributed by atoms with E-state index in [2.05, 4.69) is 21.2 Å². The minimum atomic E-state index is -0.245. The lowest BCUT2D eigenvalue weighted by Crippen LogP contribution is -2.29. The van der Waals surface area contributed by atoms with Crippen LogP contribution in [0, 0.1) is 0 Å². The molecule has 104 valence electrons. The van der Waals surface area contributed by atoms with Crippen LogP contribution in [0.25, 0.3) is 0 Å². The zero-order valence-electron chi connectivity index (χ0n) is 10.4. The molecule has 0 bridgehead atoms. The largest absolute Gasteiger partial charge is 0.344 e. The Kier molecular flexibility index (Phi) is 5.46. The quantitative estimate of drug-likeness (QED) is 0.763. The number of carbonyl (C=O) groups excluding carboxylic acids is 1. The number of alkyl halides is 1. The third kappa shape index (κ3) is 3.54. The summed E-state index contributed by atoms with van der Waals surface area (Å²) >= 11 is 15.4. The Balaban J connectivity index is 2.20. The third-order valence-electron chi connectivity index (χ3n) is 2.86. The molecule has 0 heterocycles. The highest BCUT2D eigenvalue weighted by Crippen LogP contribution is 2.26. The molecule has 0 radical (unpaired) electrons. The maximum atomic E-state index is 12.3. The number of hydrogen-bond donors (Lipinski definition) is 1. The second-order valence-corrected chi connectivity index (χ2v) is 5.63. The molecule has 0 aliphatic carbocycles. The Bertz CT molecular complexity index is 604. The summed E-state index contributed by atoms with van der Waals surface area (Å²) < 4.78 is 0. The van der Waals surface area contributed by atoms with Crippen LogP contribution in [0.15, 0.2) is 48.5 Å². The Hall–Kier alpha value is -1.03. The van der Waals surface area contributed by atoms with Crippen LogP contribution in [0.3, 0.4) is 0 Å². The molecule has 1 amide bonds. The molecule has 0 saturated carbocycles. The predicted molar refractivity (Wildman–Crippen MR) is 86.9 cm³/mol. The normalized spacial score (nSPS) is 11.9. The van der Waals surface area contributed by atoms with Gasteiger partial charge in [0, 0.05) is 5.33 Å². The number of halogens is 3. The molecule has 2 rings (SSSR count). The molecule has 1 atom stereocenters. The van der Waals surface area contributed by atoms with Gasteiger partial charge >= 0.3 is 0 Å². The molecule has 0 fully saturated rings. The summed E-state index contributed by atoms with van der Waals surface area (Å²) in [4.78, 5) is 12.3. The molecular weight excluding hydrogens is 361 g/mol. The number of benzene rings is 2. The van der Waals surface area contributed by atoms with Gasteiger partial charge in [0.2, 0.25) is 0 Å². The van der Waals surface area contributed by atoms with Gasteiger partial charge in [-0.1, -0.05) is 75.5 Å². The highest BCUT2D eigenvalue weighted by Gasteiger charge is 2.17. The molecule has 0 aliphatic rings. The van der Waals surface area contributed by atoms with Crippen LogP contribution in [0.4, 0.5) is 0 Å². The molecule has 0 aliphatic heterocycles. The van der Waals surface area contributed by atoms with Crippen LogP contribution in [0.5, 0.6) is 0 Å². The number of amides is 1. The van der Waals surface area contributed by atoms with Crippen molar-refractivity contribution in [2.45, 2.75) is 6.04 Å². The summed E-state index contributed by atoms with van der Waals surface area (Å²) in [7, 11) is 0. The maximum Gasteiger partial charge on any atom is 0.253 e. The van der Waals surface area contributed by atoms with E-state index in [1.165, 1.54) is 0 Å². The van der Waals surface area contributed by atoms with Gasteiger partial charge in [-0.2, -0.15) is 0 Å². The van der Waals surface area contributed by atoms with Gasteiger partial charge in [-0.25, -0.2) is 0 Å². The van der Waals surface area contributed by atoms with Crippen LogP contribution >= 0.6 is 39.1 Å². The molecule has 20 heavy (non-hydrogen) atoms. The first kappa shape index (κ1) is 15.4. The SMILES string of the molecule is O=C(NC(CBr)c1ccccc1)c1cccc(Cl)c1Cl. The molecule has 2 aromatic rings. The lowest BCUT2D eigenvalue weighted by Gasteiger charge is -2.17. The average molecular weight is 373 g/mol. The molecule has 0 saturated heterocycles. The first-order chi connectivity index (χ1) is 9.63. The molecule has 5 heteroatoms. The van der Waals surface area contributed by atoms with Crippen LogP contribution in [0.1, 0.15) is 22.0 Å². The fourth-order valence-electron chi connectivity index (χ4n) is 1.81. The van der Waals surface area contributed by atoms with Gasteiger partial charge in [0.15, 0.2) is 0 Å². The van der Waals surface area contributed by atoms with Crippen LogP contribution < -0.4 is 5.32 Å². The zero-order valence-corrected chi connectivity index (χ0v) is 13.5. The summed E-state index contributed by atoms with van der Waals surface area (Å²) in [5, 5.41) is 4.19. The molecule has 1 N–H and O–H groups in total. The standard InChI is InChI=1S/C15H12BrCl2NO/c16-9-13(10-5-2-1-3-6-10)19-15(20)11-7-4-8-12(17)14(11)18/h1-8,13H,9H2,(H,19,20). The predicted octanol–water partition coefficient (Wildman–Crippen LogP) is 4.86. The number of nitrogens with one attached hydrogen (secondary N) is 1. The van der Waals surface area contributed by atoms with E-state index in [0.717, 1.165) is 5.56 Å². The molecule has 1 unspecified atom stereocenters. The van der Waals surface area contributed by atoms with Crippen molar-refractivity contribution in [3.63, 3.8) is 0 Å². The van der Waals surface area contributed by atoms with Crippen molar-refractivity contribution in [1.82, 2.24) is 5.32 Å². The lowest BCUT2D eigenvalue weighted by molar-refractivity contribution is 0.0941. The van der Waals surface area contributed by atoms with E-state index in [1.807, 2.05) is 30.3 Å². The van der Waals surface area contributed by atoms with E-state index in [4.69, 9.17) is 23.2 Å². The van der Waals surface area contributed by atoms with Crippen molar-refractivity contribution in [3.8, 4) is 0 Å². The van der Waals surface area contributed by atoms with E-state index in [9.17, 15) is 4.79 Å². The number of hydrogen-bond acceptors (Lipinski definition) is 1. The Labute approximate surface area is 136 Å². The van der Waals surface area contributed by atoms with E-state index < -0.39 is 0 Å². The van der Waals surface area contributed by atoms with Gasteiger partial charge in [-0.15, -0.1) is 0 Å². The highest BCUT2D eigenvalue weighted by atomic mass is 79.9. The minimum absolute atomic E-state index is 0.126. The van der Waals surface area contributed by atoms with Crippen molar-refractivity contribution >= 4 is 45.0 Å². The summed E-state index contributed by atoms with van der Waals surface area (Å²) in [6.07, 6.45) is 0. The van der Waals surface area contributed by atoms with Crippen LogP contribution in [-0.2, 0) is 0 Å². The first-order valence-electron chi connectivity index (χ1n) is 5.99. The minimum Gasteiger partial charge on any atom is -0.344 e. The Morgan fingerprint density at radius 1 is 1.10 bits per heavy atom. The van der Waals surface area contributed by atoms with E-state index in [0.29, 0.717) is 15.9 Å². The Morgan fingerprint density at radius 2 is 1.80 bits per heavy atom. The van der Waals surface area contributed by atoms with Gasteiger partial charge < -0.3 is 5.32 Å². The number of carbonyl (C=O) groups is 1. The van der Waals surface area contributed by atoms with Gasteiger partial charge in [0.1, 0.15) is 0 Å². The van der Waals surface area contributed by atoms with Crippen molar-refractivity contribution in [1.29, 1.82) is 0 Å². The fraction of sp³-hybridized carbons (Fsp3) is 0.133. The molecule has 2 aromatic carbocycles. The summed E-state index contributed by atoms with van der Waals surface area (Å²) in [5.41, 5.74) is 1.40. The van der Waals surface area contributed by atoms with Crippen LogP contribution in [0.2, 0.25) is 10.0 Å². The zero-order chi connectivity index (χ0) is 14.5. The van der Waals surface area contributed by atoms with Crippen molar-refractivity contribution in [2.24, 2.45) is 0 Å². The molecule has 0 spiro atoms. The summed E-state index contributed by atoms with van der Waals surface area (Å²) in [6, 6.07) is 14.6. The molecule has 0 aromatic heterocycles. The van der Waals surface area contributed by atoms with Crippen molar-refractivity contribution in [2.75, 3.05) is 5.33 Å². The van der Waals surface area contributed by atoms with Gasteiger partial charge in [-0.3, -0.25) is 4.79 Å². The first-order valence-corrected chi connectivity index (χ1v) is 7.87. The van der Waals surface area contributed by atoms with Crippen molar-refractivity contribution in [3.05, 3.63) is 69.7 Å². The summed E-state index contributed by atoms with van der Waals surface area (Å²) in [6.45, 7) is 0. The van der Waals surface area contributed by atoms with Crippen LogP contribution in [-0.4, -0.2) is 11.2 Å². The second-order valence-electron chi connectivity index (χ2n) is 4.19. The van der Waals surface area contributed by atoms with Crippen molar-refractivity contribution < 1.29 is 4.79 Å². The van der Waals surface area contributed by atoms with Gasteiger partial charge in [-0.05, 0) is 17.7 Å². The smallest absolute Gasteiger partial charge is 0.253 e. The lowest BCUT2D eigenvalue weighted by atomic mass is 10.1. The third-order valence-corrected chi connectivity index (χ3v) is 4.32. The topological polar surface area (TPSA) is 29.1 Å². The average Bonchev–Trinajstić information content (AvgIpc) is 2.48. The maximum absolute atomic E-state index is 12.3. The Morgan fingerprint density at radius 3 is 2.45 bits per heavy atom. The van der Waals surface area contributed by atoms with Gasteiger partial charge in [0.05, 0.1) is 21.7 Å². The van der Waals surface area contributed by atoms with E-state index in [1.54, 1.807) is 18.2 Å². The van der Waals surface area contributed by atoms with E-state index >= 15 is 0 Å². The monoisotopic (exact) mass is 371 g/mol. The highest BCUT2D eigenvalue weighted by molar-refractivity contribution is 9.09. The van der Waals surface area contributed by atoms with Gasteiger partial charge in [0.25, 0.3) is 5.91 Å². The summed E-state index contributed by atoms with van der Waals surface area (Å²) in [5.74, 6) is -0.245. The second kappa shape index (κ2) is 7.11. The molecular formula is C15H12BrCl2NO. The number of rotatable bonds is 4.